The second-order valence-electron chi connectivity index (χ2n) is 3.34. The third kappa shape index (κ3) is 3.30. The lowest BCUT2D eigenvalue weighted by atomic mass is 10.3. The Morgan fingerprint density at radius 3 is 2.83 bits per heavy atom. The number of carbonyl (C=O) groups is 1. The van der Waals surface area contributed by atoms with Gasteiger partial charge in [-0.05, 0) is 6.92 Å². The molecule has 1 rings (SSSR count). The second-order valence-corrected chi connectivity index (χ2v) is 3.78. The number of hydrogen-bond acceptors (Lipinski definition) is 6. The topological polar surface area (TPSA) is 85.6 Å². The van der Waals surface area contributed by atoms with Crippen LogP contribution in [0.1, 0.15) is 6.92 Å². The van der Waals surface area contributed by atoms with Crippen LogP contribution >= 0.6 is 11.6 Å². The summed E-state index contributed by atoms with van der Waals surface area (Å²) < 4.78 is 4.52. The van der Waals surface area contributed by atoms with Crippen molar-refractivity contribution in [3.63, 3.8) is 0 Å². The van der Waals surface area contributed by atoms with E-state index in [-0.39, 0.29) is 23.1 Å². The summed E-state index contributed by atoms with van der Waals surface area (Å²) in [7, 11) is 1.25. The molecule has 18 heavy (non-hydrogen) atoms. The van der Waals surface area contributed by atoms with Crippen molar-refractivity contribution in [3.8, 4) is 0 Å². The molecule has 0 aromatic carbocycles. The zero-order valence-electron chi connectivity index (χ0n) is 9.92. The van der Waals surface area contributed by atoms with E-state index < -0.39 is 10.9 Å². The van der Waals surface area contributed by atoms with Crippen LogP contribution < -0.4 is 4.90 Å². The van der Waals surface area contributed by atoms with E-state index in [9.17, 15) is 14.9 Å². The van der Waals surface area contributed by atoms with Crippen molar-refractivity contribution in [3.05, 3.63) is 27.4 Å². The maximum Gasteiger partial charge on any atom is 0.325 e. The molecule has 0 saturated carbocycles. The van der Waals surface area contributed by atoms with Crippen LogP contribution in [-0.2, 0) is 9.53 Å². The summed E-state index contributed by atoms with van der Waals surface area (Å²) in [5.74, 6) is -0.403. The number of aromatic nitrogens is 1. The normalized spacial score (nSPS) is 9.94. The van der Waals surface area contributed by atoms with Gasteiger partial charge in [0.25, 0.3) is 0 Å². The van der Waals surface area contributed by atoms with E-state index in [0.717, 1.165) is 0 Å². The number of anilines is 1. The van der Waals surface area contributed by atoms with Crippen LogP contribution in [-0.4, -0.2) is 36.1 Å². The molecule has 1 heterocycles. The average Bonchev–Trinajstić information content (AvgIpc) is 2.35. The summed E-state index contributed by atoms with van der Waals surface area (Å²) in [5, 5.41) is 11.1. The largest absolute Gasteiger partial charge is 0.468 e. The molecule has 98 valence electrons. The number of halogens is 1. The van der Waals surface area contributed by atoms with Crippen molar-refractivity contribution in [2.24, 2.45) is 0 Å². The predicted octanol–water partition coefficient (Wildman–Crippen LogP) is 1.64. The minimum Gasteiger partial charge on any atom is -0.468 e. The van der Waals surface area contributed by atoms with E-state index in [0.29, 0.717) is 6.54 Å². The third-order valence-corrected chi connectivity index (χ3v) is 2.45. The third-order valence-electron chi connectivity index (χ3n) is 2.24. The quantitative estimate of drug-likeness (QED) is 0.460. The van der Waals surface area contributed by atoms with Crippen molar-refractivity contribution in [2.45, 2.75) is 6.92 Å². The monoisotopic (exact) mass is 273 g/mol. The van der Waals surface area contributed by atoms with Gasteiger partial charge < -0.3 is 9.64 Å². The first kappa shape index (κ1) is 14.2. The number of esters is 1. The second kappa shape index (κ2) is 6.15. The molecule has 0 spiro atoms. The molecule has 8 heteroatoms. The minimum absolute atomic E-state index is 0.0947. The number of hydrogen-bond donors (Lipinski definition) is 0. The van der Waals surface area contributed by atoms with Gasteiger partial charge in [0.05, 0.1) is 17.1 Å². The van der Waals surface area contributed by atoms with Gasteiger partial charge in [0.2, 0.25) is 5.82 Å². The highest BCUT2D eigenvalue weighted by molar-refractivity contribution is 6.30. The molecule has 0 aliphatic rings. The minimum atomic E-state index is -0.589. The molecule has 0 aliphatic heterocycles. The SMILES string of the molecule is CCN(CC(=O)OC)c1ncc(Cl)cc1[N+](=O)[O-]. The van der Waals surface area contributed by atoms with Gasteiger partial charge in [-0.1, -0.05) is 11.6 Å². The van der Waals surface area contributed by atoms with Crippen molar-refractivity contribution in [1.29, 1.82) is 0 Å². The summed E-state index contributed by atoms with van der Waals surface area (Å²) in [4.78, 5) is 26.9. The van der Waals surface area contributed by atoms with Crippen LogP contribution in [0.25, 0.3) is 0 Å². The smallest absolute Gasteiger partial charge is 0.325 e. The van der Waals surface area contributed by atoms with E-state index >= 15 is 0 Å². The van der Waals surface area contributed by atoms with Crippen molar-refractivity contribution >= 4 is 29.1 Å². The van der Waals surface area contributed by atoms with Gasteiger partial charge in [0.1, 0.15) is 6.54 Å². The molecule has 1 aromatic rings. The fraction of sp³-hybridized carbons (Fsp3) is 0.400. The molecule has 0 amide bonds. The fourth-order valence-electron chi connectivity index (χ4n) is 1.36. The van der Waals surface area contributed by atoms with Gasteiger partial charge >= 0.3 is 11.7 Å². The van der Waals surface area contributed by atoms with Crippen LogP contribution in [0.3, 0.4) is 0 Å². The molecule has 7 nitrogen and oxygen atoms in total. The molecule has 0 bridgehead atoms. The lowest BCUT2D eigenvalue weighted by molar-refractivity contribution is -0.384. The summed E-state index contributed by atoms with van der Waals surface area (Å²) in [5.41, 5.74) is -0.242. The Bertz CT molecular complexity index is 466. The molecule has 0 saturated heterocycles. The Labute approximate surface area is 108 Å². The predicted molar refractivity (Wildman–Crippen MR) is 65.8 cm³/mol. The van der Waals surface area contributed by atoms with Crippen LogP contribution in [0, 0.1) is 10.1 Å². The molecule has 0 unspecified atom stereocenters. The van der Waals surface area contributed by atoms with Crippen LogP contribution in [0.2, 0.25) is 5.02 Å². The van der Waals surface area contributed by atoms with Crippen molar-refractivity contribution < 1.29 is 14.5 Å². The van der Waals surface area contributed by atoms with E-state index in [1.807, 2.05) is 0 Å². The van der Waals surface area contributed by atoms with Gasteiger partial charge in [-0.25, -0.2) is 4.98 Å². The highest BCUT2D eigenvalue weighted by Gasteiger charge is 2.22. The molecule has 0 N–H and O–H groups in total. The van der Waals surface area contributed by atoms with E-state index in [1.165, 1.54) is 24.3 Å². The van der Waals surface area contributed by atoms with Crippen LogP contribution in [0.4, 0.5) is 11.5 Å². The van der Waals surface area contributed by atoms with E-state index in [2.05, 4.69) is 9.72 Å². The highest BCUT2D eigenvalue weighted by Crippen LogP contribution is 2.28. The fourth-order valence-corrected chi connectivity index (χ4v) is 1.51. The number of ether oxygens (including phenoxy) is 1. The van der Waals surface area contributed by atoms with Crippen LogP contribution in [0.15, 0.2) is 12.3 Å². The van der Waals surface area contributed by atoms with Crippen molar-refractivity contribution in [1.82, 2.24) is 4.98 Å². The van der Waals surface area contributed by atoms with E-state index in [1.54, 1.807) is 6.92 Å². The van der Waals surface area contributed by atoms with Crippen LogP contribution in [0.5, 0.6) is 0 Å². The summed E-state index contributed by atoms with van der Waals surface area (Å²) in [6.07, 6.45) is 1.30. The molecule has 0 aliphatic carbocycles. The molecule has 0 radical (unpaired) electrons. The van der Waals surface area contributed by atoms with Gasteiger partial charge in [-0.15, -0.1) is 0 Å². The van der Waals surface area contributed by atoms with Gasteiger partial charge in [-0.3, -0.25) is 14.9 Å². The Hall–Kier alpha value is -1.89. The average molecular weight is 274 g/mol. The highest BCUT2D eigenvalue weighted by atomic mass is 35.5. The Kier molecular flexibility index (Phi) is 4.85. The lowest BCUT2D eigenvalue weighted by Gasteiger charge is -2.19. The standard InChI is InChI=1S/C10H12ClN3O4/c1-3-13(6-9(15)18-2)10-8(14(16)17)4-7(11)5-12-10/h4-5H,3,6H2,1-2H3. The zero-order valence-corrected chi connectivity index (χ0v) is 10.7. The van der Waals surface area contributed by atoms with Gasteiger partial charge in [-0.2, -0.15) is 0 Å². The number of nitro groups is 1. The molecule has 0 atom stereocenters. The Morgan fingerprint density at radius 1 is 1.67 bits per heavy atom. The molecule has 0 fully saturated rings. The zero-order chi connectivity index (χ0) is 13.7. The van der Waals surface area contributed by atoms with Crippen molar-refractivity contribution in [2.75, 3.05) is 25.1 Å². The number of carbonyl (C=O) groups excluding carboxylic acids is 1. The summed E-state index contributed by atoms with van der Waals surface area (Å²) in [6.45, 7) is 2.02. The Morgan fingerprint density at radius 2 is 2.33 bits per heavy atom. The number of rotatable bonds is 5. The number of likely N-dealkylation sites (N-methyl/N-ethyl adjacent to an activating group) is 1. The van der Waals surface area contributed by atoms with Gasteiger partial charge in [0, 0.05) is 18.8 Å². The first-order valence-electron chi connectivity index (χ1n) is 5.11. The van der Waals surface area contributed by atoms with E-state index in [4.69, 9.17) is 11.6 Å². The molecular weight excluding hydrogens is 262 g/mol. The lowest BCUT2D eigenvalue weighted by Crippen LogP contribution is -2.31. The van der Waals surface area contributed by atoms with Gasteiger partial charge in [0.15, 0.2) is 0 Å². The number of pyridine rings is 1. The number of methoxy groups -OCH3 is 1. The maximum atomic E-state index is 11.2. The molecular formula is C10H12ClN3O4. The summed E-state index contributed by atoms with van der Waals surface area (Å²) in [6, 6.07) is 1.20. The Balaban J connectivity index is 3.12. The first-order valence-corrected chi connectivity index (χ1v) is 5.49. The number of nitrogens with zero attached hydrogens (tertiary/aromatic N) is 3. The summed E-state index contributed by atoms with van der Waals surface area (Å²) >= 11 is 5.66. The maximum absolute atomic E-state index is 11.2. The first-order chi connectivity index (χ1) is 8.49. The molecule has 1 aromatic heterocycles.